The Morgan fingerprint density at radius 3 is 2.58 bits per heavy atom. The highest BCUT2D eigenvalue weighted by Gasteiger charge is 2.17. The van der Waals surface area contributed by atoms with Crippen LogP contribution in [0.5, 0.6) is 0 Å². The Morgan fingerprint density at radius 2 is 2.25 bits per heavy atom. The smallest absolute Gasteiger partial charge is 0.327 e. The minimum absolute atomic E-state index is 0. The van der Waals surface area contributed by atoms with Crippen molar-refractivity contribution in [2.45, 2.75) is 19.9 Å². The third kappa shape index (κ3) is 5.01. The average Bonchev–Trinajstić information content (AvgIpc) is 1.96. The topological polar surface area (TPSA) is 66.4 Å². The zero-order valence-corrected chi connectivity index (χ0v) is 7.98. The molecule has 1 amide bonds. The quantitative estimate of drug-likeness (QED) is 0.671. The van der Waals surface area contributed by atoms with Gasteiger partial charge in [0.15, 0.2) is 0 Å². The molecule has 12 heavy (non-hydrogen) atoms. The molecule has 0 radical (unpaired) electrons. The van der Waals surface area contributed by atoms with Gasteiger partial charge in [0.25, 0.3) is 0 Å². The first-order valence-corrected chi connectivity index (χ1v) is 4.81. The predicted octanol–water partition coefficient (Wildman–Crippen LogP) is 0.575. The van der Waals surface area contributed by atoms with E-state index in [1.807, 2.05) is 6.92 Å². The minimum Gasteiger partial charge on any atom is -0.480 e. The van der Waals surface area contributed by atoms with Crippen LogP contribution in [0.15, 0.2) is 0 Å². The molecule has 0 aromatic heterocycles. The van der Waals surface area contributed by atoms with Gasteiger partial charge in [-0.25, -0.2) is 4.79 Å². The summed E-state index contributed by atoms with van der Waals surface area (Å²) >= 11 is 1.49. The number of amides is 1. The van der Waals surface area contributed by atoms with Gasteiger partial charge in [-0.05, 0) is 5.75 Å². The van der Waals surface area contributed by atoms with E-state index >= 15 is 0 Å². The van der Waals surface area contributed by atoms with Gasteiger partial charge in [-0.2, -0.15) is 11.8 Å². The summed E-state index contributed by atoms with van der Waals surface area (Å²) in [6.45, 7) is 3.25. The fourth-order valence-corrected chi connectivity index (χ4v) is 1.35. The minimum atomic E-state index is -0.980. The molecular weight excluding hydrogens is 178 g/mol. The van der Waals surface area contributed by atoms with Crippen molar-refractivity contribution in [2.75, 3.05) is 11.5 Å². The fourth-order valence-electron chi connectivity index (χ4n) is 0.656. The van der Waals surface area contributed by atoms with Crippen molar-refractivity contribution >= 4 is 23.6 Å². The van der Waals surface area contributed by atoms with Crippen LogP contribution in [0.3, 0.4) is 0 Å². The van der Waals surface area contributed by atoms with E-state index in [1.165, 1.54) is 18.7 Å². The van der Waals surface area contributed by atoms with Crippen LogP contribution in [0.1, 0.15) is 15.3 Å². The van der Waals surface area contributed by atoms with E-state index in [-0.39, 0.29) is 7.33 Å². The van der Waals surface area contributed by atoms with Crippen molar-refractivity contribution in [1.29, 1.82) is 0 Å². The number of carboxylic acids is 1. The second kappa shape index (κ2) is 5.88. The average molecular weight is 194 g/mol. The molecule has 0 fully saturated rings. The van der Waals surface area contributed by atoms with Crippen molar-refractivity contribution in [3.8, 4) is 0 Å². The molecule has 5 heteroatoms. The van der Waals surface area contributed by atoms with E-state index in [1.54, 1.807) is 0 Å². The zero-order chi connectivity index (χ0) is 9.56. The maximum Gasteiger partial charge on any atom is 0.327 e. The first-order chi connectivity index (χ1) is 5.57. The van der Waals surface area contributed by atoms with Gasteiger partial charge in [-0.1, -0.05) is 6.92 Å². The molecular formula is C7H15NO3S. The van der Waals surface area contributed by atoms with Gasteiger partial charge in [0.2, 0.25) is 5.91 Å². The highest BCUT2D eigenvalue weighted by atomic mass is 32.2. The van der Waals surface area contributed by atoms with E-state index in [2.05, 4.69) is 5.32 Å². The number of nitrogens with one attached hydrogen (secondary N) is 1. The standard InChI is InChI=1S/C7H13NO3S.H2/c1-3-12-4-6(7(10)11)8-5(2)9;/h6H,3-4H2,1-2H3,(H,8,9)(H,10,11);1H/t6-;/m0./s1/i;1+1. The summed E-state index contributed by atoms with van der Waals surface area (Å²) in [6, 6.07) is -0.757. The molecule has 0 rings (SSSR count). The second-order valence-corrected chi connectivity index (χ2v) is 3.57. The van der Waals surface area contributed by atoms with Crippen LogP contribution < -0.4 is 5.32 Å². The van der Waals surface area contributed by atoms with E-state index in [9.17, 15) is 9.59 Å². The van der Waals surface area contributed by atoms with Gasteiger partial charge in [0.05, 0.1) is 0 Å². The Bertz CT molecular complexity index is 177. The van der Waals surface area contributed by atoms with Gasteiger partial charge in [0, 0.05) is 14.1 Å². The van der Waals surface area contributed by atoms with Crippen LogP contribution in [-0.4, -0.2) is 34.5 Å². The van der Waals surface area contributed by atoms with Crippen LogP contribution in [0.2, 0.25) is 0 Å². The second-order valence-electron chi connectivity index (χ2n) is 2.25. The number of rotatable bonds is 5. The third-order valence-electron chi connectivity index (χ3n) is 1.16. The van der Waals surface area contributed by atoms with Gasteiger partial charge >= 0.3 is 5.97 Å². The van der Waals surface area contributed by atoms with Crippen molar-refractivity contribution in [3.05, 3.63) is 0 Å². The lowest BCUT2D eigenvalue weighted by atomic mass is 10.3. The summed E-state index contributed by atoms with van der Waals surface area (Å²) in [7, 11) is 0. The number of carbonyl (C=O) groups excluding carboxylic acids is 1. The highest BCUT2D eigenvalue weighted by molar-refractivity contribution is 7.99. The maximum atomic E-state index is 10.5. The van der Waals surface area contributed by atoms with Crippen LogP contribution in [0, 0.1) is 0 Å². The van der Waals surface area contributed by atoms with Gasteiger partial charge in [-0.3, -0.25) is 4.79 Å². The number of carbonyl (C=O) groups is 2. The summed E-state index contributed by atoms with van der Waals surface area (Å²) in [6.07, 6.45) is 0. The molecule has 0 aromatic rings. The Labute approximate surface area is 77.2 Å². The van der Waals surface area contributed by atoms with E-state index in [0.717, 1.165) is 5.75 Å². The molecule has 0 aliphatic heterocycles. The largest absolute Gasteiger partial charge is 0.480 e. The molecule has 0 heterocycles. The number of hydrogen-bond acceptors (Lipinski definition) is 3. The lowest BCUT2D eigenvalue weighted by molar-refractivity contribution is -0.140. The van der Waals surface area contributed by atoms with Gasteiger partial charge in [0.1, 0.15) is 6.04 Å². The molecule has 0 aromatic carbocycles. The first kappa shape index (κ1) is 11.3. The lowest BCUT2D eigenvalue weighted by Crippen LogP contribution is -2.41. The van der Waals surface area contributed by atoms with Crippen molar-refractivity contribution in [3.63, 3.8) is 0 Å². The Hall–Kier alpha value is -0.710. The molecule has 0 saturated heterocycles. The Balaban J connectivity index is 0. The summed E-state index contributed by atoms with van der Waals surface area (Å²) in [5, 5.41) is 11.0. The van der Waals surface area contributed by atoms with Crippen molar-refractivity contribution in [1.82, 2.24) is 5.32 Å². The molecule has 1 atom stereocenters. The summed E-state index contributed by atoms with van der Waals surface area (Å²) < 4.78 is 0. The monoisotopic (exact) mass is 194 g/mol. The number of carboxylic acid groups (broad SMARTS) is 1. The molecule has 0 unspecified atom stereocenters. The van der Waals surface area contributed by atoms with E-state index < -0.39 is 12.0 Å². The molecule has 2 N–H and O–H groups in total. The third-order valence-corrected chi connectivity index (χ3v) is 2.14. The fraction of sp³-hybridized carbons (Fsp3) is 0.714. The maximum absolute atomic E-state index is 10.5. The highest BCUT2D eigenvalue weighted by Crippen LogP contribution is 2.01. The molecule has 72 valence electrons. The normalized spacial score (nSPS) is 12.2. The molecule has 0 bridgehead atoms. The molecule has 0 spiro atoms. The number of hydrogen-bond donors (Lipinski definition) is 2. The van der Waals surface area contributed by atoms with E-state index in [4.69, 9.17) is 5.11 Å². The molecule has 0 saturated carbocycles. The number of thioether (sulfide) groups is 1. The summed E-state index contributed by atoms with van der Waals surface area (Å²) in [5.74, 6) is -0.0142. The SMILES string of the molecule is CCSC[C@H](NC(C)=O)C(=O)O.[2HH]. The Morgan fingerprint density at radius 1 is 1.67 bits per heavy atom. The molecule has 4 nitrogen and oxygen atoms in total. The zero-order valence-electron chi connectivity index (χ0n) is 7.16. The predicted molar refractivity (Wildman–Crippen MR) is 50.4 cm³/mol. The molecule has 0 aliphatic carbocycles. The number of aliphatic carboxylic acids is 1. The van der Waals surface area contributed by atoms with Crippen LogP contribution in [0.4, 0.5) is 0 Å². The van der Waals surface area contributed by atoms with Crippen LogP contribution in [0.25, 0.3) is 0 Å². The van der Waals surface area contributed by atoms with E-state index in [0.29, 0.717) is 5.75 Å². The molecule has 0 aliphatic rings. The van der Waals surface area contributed by atoms with Crippen LogP contribution in [-0.2, 0) is 9.59 Å². The van der Waals surface area contributed by atoms with Gasteiger partial charge < -0.3 is 10.4 Å². The Kier molecular flexibility index (Phi) is 5.53. The lowest BCUT2D eigenvalue weighted by Gasteiger charge is -2.11. The van der Waals surface area contributed by atoms with Crippen molar-refractivity contribution in [2.24, 2.45) is 0 Å². The van der Waals surface area contributed by atoms with Crippen LogP contribution >= 0.6 is 11.8 Å². The first-order valence-electron chi connectivity index (χ1n) is 3.65. The summed E-state index contributed by atoms with van der Waals surface area (Å²) in [5.41, 5.74) is 0. The van der Waals surface area contributed by atoms with Crippen molar-refractivity contribution < 1.29 is 16.1 Å². The summed E-state index contributed by atoms with van der Waals surface area (Å²) in [4.78, 5) is 21.1. The van der Waals surface area contributed by atoms with Gasteiger partial charge in [-0.15, -0.1) is 0 Å².